The molecule has 0 bridgehead atoms. The molecule has 0 saturated heterocycles. The number of rotatable bonds is 2. The van der Waals surface area contributed by atoms with Crippen molar-refractivity contribution in [3.8, 4) is 6.07 Å². The Labute approximate surface area is 83.3 Å². The predicted octanol–water partition coefficient (Wildman–Crippen LogP) is 3.34. The fourth-order valence-electron chi connectivity index (χ4n) is 1.05. The van der Waals surface area contributed by atoms with Gasteiger partial charge in [0.15, 0.2) is 0 Å². The van der Waals surface area contributed by atoms with Crippen LogP contribution in [0.3, 0.4) is 0 Å². The van der Waals surface area contributed by atoms with Crippen LogP contribution in [0.2, 0.25) is 5.02 Å². The maximum Gasteiger partial charge on any atom is 0.0994 e. The lowest BCUT2D eigenvalue weighted by Gasteiger charge is -2.07. The summed E-state index contributed by atoms with van der Waals surface area (Å²) in [5, 5.41) is 9.45. The van der Waals surface area contributed by atoms with Gasteiger partial charge >= 0.3 is 0 Å². The van der Waals surface area contributed by atoms with Gasteiger partial charge in [0, 0.05) is 10.9 Å². The van der Waals surface area contributed by atoms with Crippen molar-refractivity contribution in [2.45, 2.75) is 6.92 Å². The van der Waals surface area contributed by atoms with E-state index in [4.69, 9.17) is 16.9 Å². The Balaban J connectivity index is 3.25. The smallest absolute Gasteiger partial charge is 0.0994 e. The molecule has 0 spiro atoms. The van der Waals surface area contributed by atoms with E-state index < -0.39 is 0 Å². The summed E-state index contributed by atoms with van der Waals surface area (Å²) in [6, 6.07) is 7.31. The van der Waals surface area contributed by atoms with Gasteiger partial charge in [-0.25, -0.2) is 0 Å². The van der Waals surface area contributed by atoms with Crippen LogP contribution in [0, 0.1) is 17.2 Å². The summed E-state index contributed by atoms with van der Waals surface area (Å²) in [4.78, 5) is 0. The molecular formula is C11H9ClN. The molecule has 0 aliphatic carbocycles. The molecule has 65 valence electrons. The normalized spacial score (nSPS) is 9.69. The fraction of sp³-hybridized carbons (Fsp3) is 0.0909. The number of hydrogen-bond acceptors (Lipinski definition) is 1. The molecule has 0 aliphatic heterocycles. The van der Waals surface area contributed by atoms with Crippen molar-refractivity contribution in [3.05, 3.63) is 52.9 Å². The lowest BCUT2D eigenvalue weighted by atomic mass is 9.96. The zero-order chi connectivity index (χ0) is 9.84. The SMILES string of the molecule is C=C[C](C)c1cc(Cl)ccc1C#N. The van der Waals surface area contributed by atoms with Crippen molar-refractivity contribution >= 4 is 11.6 Å². The van der Waals surface area contributed by atoms with E-state index in [1.165, 1.54) is 0 Å². The first-order valence-electron chi connectivity index (χ1n) is 3.85. The van der Waals surface area contributed by atoms with Gasteiger partial charge in [0.05, 0.1) is 11.6 Å². The van der Waals surface area contributed by atoms with Crippen LogP contribution in [-0.2, 0) is 0 Å². The van der Waals surface area contributed by atoms with Crippen LogP contribution in [-0.4, -0.2) is 0 Å². The van der Waals surface area contributed by atoms with Crippen LogP contribution < -0.4 is 0 Å². The lowest BCUT2D eigenvalue weighted by molar-refractivity contribution is 1.24. The largest absolute Gasteiger partial charge is 0.192 e. The second-order valence-corrected chi connectivity index (χ2v) is 3.13. The molecular weight excluding hydrogens is 182 g/mol. The van der Waals surface area contributed by atoms with E-state index in [1.54, 1.807) is 24.3 Å². The first-order chi connectivity index (χ1) is 6.19. The summed E-state index contributed by atoms with van der Waals surface area (Å²) >= 11 is 5.82. The zero-order valence-electron chi connectivity index (χ0n) is 7.34. The van der Waals surface area contributed by atoms with Crippen LogP contribution in [0.15, 0.2) is 30.9 Å². The fourth-order valence-corrected chi connectivity index (χ4v) is 1.22. The molecule has 0 saturated carbocycles. The standard InChI is InChI=1S/C11H9ClN/c1-3-8(2)11-6-10(12)5-4-9(11)7-13/h3-6H,1H2,2H3. The highest BCUT2D eigenvalue weighted by Crippen LogP contribution is 2.23. The van der Waals surface area contributed by atoms with E-state index in [-0.39, 0.29) is 0 Å². The maximum absolute atomic E-state index is 8.81. The minimum Gasteiger partial charge on any atom is -0.192 e. The van der Waals surface area contributed by atoms with Gasteiger partial charge < -0.3 is 0 Å². The number of hydrogen-bond donors (Lipinski definition) is 0. The second kappa shape index (κ2) is 4.11. The molecule has 0 atom stereocenters. The van der Waals surface area contributed by atoms with E-state index in [0.717, 1.165) is 11.5 Å². The topological polar surface area (TPSA) is 23.8 Å². The minimum atomic E-state index is 0.627. The lowest BCUT2D eigenvalue weighted by Crippen LogP contribution is -1.94. The molecule has 0 fully saturated rings. The summed E-state index contributed by atoms with van der Waals surface area (Å²) in [6.45, 7) is 5.55. The Kier molecular flexibility index (Phi) is 3.11. The molecule has 1 aromatic rings. The molecule has 13 heavy (non-hydrogen) atoms. The highest BCUT2D eigenvalue weighted by molar-refractivity contribution is 6.30. The van der Waals surface area contributed by atoms with E-state index in [9.17, 15) is 0 Å². The highest BCUT2D eigenvalue weighted by atomic mass is 35.5. The molecule has 0 unspecified atom stereocenters. The third-order valence-corrected chi connectivity index (χ3v) is 2.07. The number of nitrogens with zero attached hydrogens (tertiary/aromatic N) is 1. The third-order valence-electron chi connectivity index (χ3n) is 1.83. The molecule has 1 radical (unpaired) electrons. The van der Waals surface area contributed by atoms with Crippen molar-refractivity contribution in [1.29, 1.82) is 5.26 Å². The van der Waals surface area contributed by atoms with Gasteiger partial charge in [0.1, 0.15) is 0 Å². The molecule has 1 aromatic carbocycles. The predicted molar refractivity (Wildman–Crippen MR) is 54.4 cm³/mol. The van der Waals surface area contributed by atoms with Crippen LogP contribution in [0.4, 0.5) is 0 Å². The van der Waals surface area contributed by atoms with Gasteiger partial charge in [-0.15, -0.1) is 6.58 Å². The van der Waals surface area contributed by atoms with Crippen molar-refractivity contribution in [2.24, 2.45) is 0 Å². The Hall–Kier alpha value is -1.26. The summed E-state index contributed by atoms with van der Waals surface area (Å²) in [5.74, 6) is 0.957. The average Bonchev–Trinajstić information content (AvgIpc) is 2.16. The van der Waals surface area contributed by atoms with Gasteiger partial charge in [-0.1, -0.05) is 24.6 Å². The molecule has 0 N–H and O–H groups in total. The number of nitriles is 1. The summed E-state index contributed by atoms with van der Waals surface area (Å²) in [7, 11) is 0. The Morgan fingerprint density at radius 2 is 2.31 bits per heavy atom. The van der Waals surface area contributed by atoms with Crippen LogP contribution >= 0.6 is 11.6 Å². The van der Waals surface area contributed by atoms with Gasteiger partial charge in [-0.2, -0.15) is 5.26 Å². The Morgan fingerprint density at radius 1 is 1.62 bits per heavy atom. The number of allylic oxidation sites excluding steroid dienone is 1. The van der Waals surface area contributed by atoms with Gasteiger partial charge in [0.25, 0.3) is 0 Å². The highest BCUT2D eigenvalue weighted by Gasteiger charge is 2.08. The summed E-state index contributed by atoms with van der Waals surface area (Å²) < 4.78 is 0. The first-order valence-corrected chi connectivity index (χ1v) is 4.23. The third kappa shape index (κ3) is 2.11. The second-order valence-electron chi connectivity index (χ2n) is 2.69. The molecule has 0 amide bonds. The van der Waals surface area contributed by atoms with Crippen LogP contribution in [0.1, 0.15) is 18.1 Å². The van der Waals surface area contributed by atoms with E-state index in [0.29, 0.717) is 10.6 Å². The molecule has 0 aliphatic rings. The molecule has 0 aromatic heterocycles. The van der Waals surface area contributed by atoms with Crippen molar-refractivity contribution in [3.63, 3.8) is 0 Å². The van der Waals surface area contributed by atoms with Crippen molar-refractivity contribution in [2.75, 3.05) is 0 Å². The van der Waals surface area contributed by atoms with Crippen molar-refractivity contribution < 1.29 is 0 Å². The summed E-state index contributed by atoms with van der Waals surface area (Å²) in [5.41, 5.74) is 1.48. The van der Waals surface area contributed by atoms with Gasteiger partial charge in [0.2, 0.25) is 0 Å². The molecule has 1 rings (SSSR count). The molecule has 1 nitrogen and oxygen atoms in total. The van der Waals surface area contributed by atoms with Crippen molar-refractivity contribution in [1.82, 2.24) is 0 Å². The van der Waals surface area contributed by atoms with Gasteiger partial charge in [-0.3, -0.25) is 0 Å². The number of benzene rings is 1. The average molecular weight is 191 g/mol. The quantitative estimate of drug-likeness (QED) is 0.702. The number of halogens is 1. The first kappa shape index (κ1) is 9.83. The van der Waals surface area contributed by atoms with Crippen LogP contribution in [0.5, 0.6) is 0 Å². The molecule has 0 heterocycles. The van der Waals surface area contributed by atoms with E-state index >= 15 is 0 Å². The van der Waals surface area contributed by atoms with E-state index in [1.807, 2.05) is 6.92 Å². The summed E-state index contributed by atoms with van der Waals surface area (Å²) in [6.07, 6.45) is 1.71. The van der Waals surface area contributed by atoms with Gasteiger partial charge in [-0.05, 0) is 23.8 Å². The Bertz CT molecular complexity index is 363. The monoisotopic (exact) mass is 190 g/mol. The van der Waals surface area contributed by atoms with Crippen LogP contribution in [0.25, 0.3) is 0 Å². The Morgan fingerprint density at radius 3 is 2.85 bits per heavy atom. The van der Waals surface area contributed by atoms with E-state index in [2.05, 4.69) is 12.6 Å². The minimum absolute atomic E-state index is 0.627. The zero-order valence-corrected chi connectivity index (χ0v) is 8.10. The maximum atomic E-state index is 8.81. The molecule has 2 heteroatoms.